The van der Waals surface area contributed by atoms with Crippen molar-refractivity contribution in [3.63, 3.8) is 0 Å². The number of hydrogen-bond donors (Lipinski definition) is 2. The molecule has 2 aromatic heterocycles. The molecule has 0 aliphatic carbocycles. The molecule has 100 valence electrons. The highest BCUT2D eigenvalue weighted by Gasteiger charge is 2.21. The Balaban J connectivity index is 2.09. The molecule has 3 heterocycles. The minimum atomic E-state index is -1.12. The molecule has 0 aromatic carbocycles. The van der Waals surface area contributed by atoms with Crippen LogP contribution in [0.4, 0.5) is 0 Å². The lowest BCUT2D eigenvalue weighted by Gasteiger charge is -2.13. The third-order valence-electron chi connectivity index (χ3n) is 3.48. The predicted octanol–water partition coefficient (Wildman–Crippen LogP) is 1.33. The molecule has 1 aliphatic rings. The van der Waals surface area contributed by atoms with Crippen molar-refractivity contribution in [2.45, 2.75) is 19.4 Å². The van der Waals surface area contributed by atoms with E-state index in [4.69, 9.17) is 0 Å². The van der Waals surface area contributed by atoms with Gasteiger partial charge in [0.1, 0.15) is 17.1 Å². The summed E-state index contributed by atoms with van der Waals surface area (Å²) in [5.41, 5.74) is 0.177. The van der Waals surface area contributed by atoms with Crippen LogP contribution in [0.2, 0.25) is 0 Å². The van der Waals surface area contributed by atoms with E-state index in [0.717, 1.165) is 13.1 Å². The quantitative estimate of drug-likeness (QED) is 0.871. The third kappa shape index (κ3) is 2.04. The molecule has 0 radical (unpaired) electrons. The Morgan fingerprint density at radius 3 is 2.79 bits per heavy atom. The van der Waals surface area contributed by atoms with Gasteiger partial charge >= 0.3 is 5.97 Å². The maximum Gasteiger partial charge on any atom is 0.356 e. The van der Waals surface area contributed by atoms with Gasteiger partial charge in [-0.3, -0.25) is 9.30 Å². The Morgan fingerprint density at radius 1 is 1.37 bits per heavy atom. The summed E-state index contributed by atoms with van der Waals surface area (Å²) in [6, 6.07) is 3.16. The molecule has 6 heteroatoms. The van der Waals surface area contributed by atoms with E-state index in [1.807, 2.05) is 0 Å². The SMILES string of the molecule is O=C(O)c1nc(CN2CCCC2)n2cccc(O)c12. The fourth-order valence-electron chi connectivity index (χ4n) is 2.58. The van der Waals surface area contributed by atoms with E-state index in [1.165, 1.54) is 18.9 Å². The molecule has 0 spiro atoms. The second-order valence-corrected chi connectivity index (χ2v) is 4.78. The number of imidazole rings is 1. The summed E-state index contributed by atoms with van der Waals surface area (Å²) in [6.45, 7) is 2.63. The standard InChI is InChI=1S/C13H15N3O3/c17-9-4-3-7-16-10(8-15-5-1-2-6-15)14-11(12(9)16)13(18)19/h3-4,7,17H,1-2,5-6,8H2,(H,18,19). The molecule has 0 unspecified atom stereocenters. The summed E-state index contributed by atoms with van der Waals surface area (Å²) in [4.78, 5) is 17.6. The highest BCUT2D eigenvalue weighted by Crippen LogP contribution is 2.24. The van der Waals surface area contributed by atoms with Crippen molar-refractivity contribution in [1.82, 2.24) is 14.3 Å². The number of aromatic carboxylic acids is 1. The molecule has 0 amide bonds. The number of rotatable bonds is 3. The average Bonchev–Trinajstić information content (AvgIpc) is 2.99. The number of likely N-dealkylation sites (tertiary alicyclic amines) is 1. The lowest BCUT2D eigenvalue weighted by atomic mass is 10.3. The summed E-state index contributed by atoms with van der Waals surface area (Å²) in [7, 11) is 0. The van der Waals surface area contributed by atoms with Crippen molar-refractivity contribution in [3.8, 4) is 5.75 Å². The van der Waals surface area contributed by atoms with Crippen LogP contribution in [0.3, 0.4) is 0 Å². The van der Waals surface area contributed by atoms with Crippen molar-refractivity contribution in [1.29, 1.82) is 0 Å². The summed E-state index contributed by atoms with van der Waals surface area (Å²) >= 11 is 0. The van der Waals surface area contributed by atoms with Gasteiger partial charge in [-0.05, 0) is 38.1 Å². The minimum Gasteiger partial charge on any atom is -0.506 e. The molecule has 1 fully saturated rings. The number of hydrogen-bond acceptors (Lipinski definition) is 4. The van der Waals surface area contributed by atoms with E-state index >= 15 is 0 Å². The third-order valence-corrected chi connectivity index (χ3v) is 3.48. The summed E-state index contributed by atoms with van der Waals surface area (Å²) in [5.74, 6) is -0.517. The Bertz CT molecular complexity index is 629. The second kappa shape index (κ2) is 4.55. The topological polar surface area (TPSA) is 78.1 Å². The van der Waals surface area contributed by atoms with Crippen molar-refractivity contribution >= 4 is 11.5 Å². The second-order valence-electron chi connectivity index (χ2n) is 4.78. The van der Waals surface area contributed by atoms with Crippen LogP contribution in [-0.4, -0.2) is 43.6 Å². The molecular formula is C13H15N3O3. The largest absolute Gasteiger partial charge is 0.506 e. The molecule has 3 rings (SSSR count). The van der Waals surface area contributed by atoms with Gasteiger partial charge in [-0.2, -0.15) is 0 Å². The van der Waals surface area contributed by atoms with Crippen molar-refractivity contribution < 1.29 is 15.0 Å². The Hall–Kier alpha value is -2.08. The molecule has 0 bridgehead atoms. The Kier molecular flexibility index (Phi) is 2.87. The smallest absolute Gasteiger partial charge is 0.356 e. The summed E-state index contributed by atoms with van der Waals surface area (Å²) < 4.78 is 1.66. The molecule has 0 atom stereocenters. The highest BCUT2D eigenvalue weighted by atomic mass is 16.4. The summed E-state index contributed by atoms with van der Waals surface area (Å²) in [6.07, 6.45) is 4.07. The first-order valence-electron chi connectivity index (χ1n) is 6.31. The number of carbonyl (C=O) groups is 1. The summed E-state index contributed by atoms with van der Waals surface area (Å²) in [5, 5.41) is 19.0. The average molecular weight is 261 g/mol. The molecule has 19 heavy (non-hydrogen) atoms. The molecule has 2 N–H and O–H groups in total. The molecule has 2 aromatic rings. The first-order valence-corrected chi connectivity index (χ1v) is 6.31. The molecule has 0 saturated carbocycles. The first kappa shape index (κ1) is 12.0. The lowest BCUT2D eigenvalue weighted by Crippen LogP contribution is -2.20. The van der Waals surface area contributed by atoms with Gasteiger partial charge in [0.15, 0.2) is 5.69 Å². The van der Waals surface area contributed by atoms with E-state index < -0.39 is 5.97 Å². The number of pyridine rings is 1. The van der Waals surface area contributed by atoms with E-state index in [0.29, 0.717) is 12.4 Å². The highest BCUT2D eigenvalue weighted by molar-refractivity contribution is 5.95. The molecule has 6 nitrogen and oxygen atoms in total. The van der Waals surface area contributed by atoms with Crippen LogP contribution in [0.25, 0.3) is 5.52 Å². The Labute approximate surface area is 109 Å². The van der Waals surface area contributed by atoms with Gasteiger partial charge in [0.05, 0.1) is 6.54 Å². The number of nitrogens with zero attached hydrogens (tertiary/aromatic N) is 3. The maximum absolute atomic E-state index is 11.2. The fraction of sp³-hybridized carbons (Fsp3) is 0.385. The van der Waals surface area contributed by atoms with Crippen LogP contribution >= 0.6 is 0 Å². The van der Waals surface area contributed by atoms with E-state index in [1.54, 1.807) is 16.7 Å². The van der Waals surface area contributed by atoms with Crippen molar-refractivity contribution in [3.05, 3.63) is 29.8 Å². The number of aromatic hydroxyl groups is 1. The van der Waals surface area contributed by atoms with Crippen LogP contribution in [-0.2, 0) is 6.54 Å². The number of carboxylic acid groups (broad SMARTS) is 1. The zero-order valence-electron chi connectivity index (χ0n) is 10.4. The molecule has 1 saturated heterocycles. The van der Waals surface area contributed by atoms with Crippen LogP contribution < -0.4 is 0 Å². The van der Waals surface area contributed by atoms with Gasteiger partial charge in [0.25, 0.3) is 0 Å². The Morgan fingerprint density at radius 2 is 2.11 bits per heavy atom. The van der Waals surface area contributed by atoms with Crippen LogP contribution in [0, 0.1) is 0 Å². The lowest BCUT2D eigenvalue weighted by molar-refractivity contribution is 0.0692. The first-order chi connectivity index (χ1) is 9.16. The van der Waals surface area contributed by atoms with Crippen molar-refractivity contribution in [2.24, 2.45) is 0 Å². The van der Waals surface area contributed by atoms with Crippen LogP contribution in [0.1, 0.15) is 29.2 Å². The fourth-order valence-corrected chi connectivity index (χ4v) is 2.58. The molecule has 1 aliphatic heterocycles. The van der Waals surface area contributed by atoms with Gasteiger partial charge < -0.3 is 10.2 Å². The van der Waals surface area contributed by atoms with Crippen molar-refractivity contribution in [2.75, 3.05) is 13.1 Å². The van der Waals surface area contributed by atoms with Gasteiger partial charge in [-0.25, -0.2) is 9.78 Å². The van der Waals surface area contributed by atoms with E-state index in [9.17, 15) is 15.0 Å². The predicted molar refractivity (Wildman–Crippen MR) is 68.3 cm³/mol. The zero-order chi connectivity index (χ0) is 13.4. The van der Waals surface area contributed by atoms with Crippen LogP contribution in [0.15, 0.2) is 18.3 Å². The number of aromatic nitrogens is 2. The van der Waals surface area contributed by atoms with E-state index in [-0.39, 0.29) is 17.0 Å². The van der Waals surface area contributed by atoms with Gasteiger partial charge in [-0.15, -0.1) is 0 Å². The monoisotopic (exact) mass is 261 g/mol. The number of carboxylic acids is 1. The van der Waals surface area contributed by atoms with Gasteiger partial charge in [0, 0.05) is 6.20 Å². The van der Waals surface area contributed by atoms with Gasteiger partial charge in [0.2, 0.25) is 0 Å². The maximum atomic E-state index is 11.2. The van der Waals surface area contributed by atoms with E-state index in [2.05, 4.69) is 9.88 Å². The molecular weight excluding hydrogens is 246 g/mol. The normalized spacial score (nSPS) is 16.2. The minimum absolute atomic E-state index is 0.0555. The van der Waals surface area contributed by atoms with Crippen LogP contribution in [0.5, 0.6) is 5.75 Å². The zero-order valence-corrected chi connectivity index (χ0v) is 10.4. The van der Waals surface area contributed by atoms with Gasteiger partial charge in [-0.1, -0.05) is 0 Å². The number of fused-ring (bicyclic) bond motifs is 1.